The summed E-state index contributed by atoms with van der Waals surface area (Å²) in [7, 11) is 0. The van der Waals surface area contributed by atoms with Gasteiger partial charge in [-0.05, 0) is 81.1 Å². The molecule has 2 saturated carbocycles. The lowest BCUT2D eigenvalue weighted by atomic mass is 9.93. The highest BCUT2D eigenvalue weighted by Gasteiger charge is 2.56. The van der Waals surface area contributed by atoms with E-state index >= 15 is 0 Å². The molecule has 1 aromatic heterocycles. The molecule has 1 atom stereocenters. The number of nitrogens with zero attached hydrogens (tertiary/aromatic N) is 3. The Kier molecular flexibility index (Phi) is 6.71. The maximum atomic E-state index is 5.92. The van der Waals surface area contributed by atoms with Crippen molar-refractivity contribution in [3.63, 3.8) is 0 Å². The van der Waals surface area contributed by atoms with Crippen molar-refractivity contribution < 1.29 is 4.74 Å². The number of rotatable bonds is 9. The van der Waals surface area contributed by atoms with Crippen molar-refractivity contribution in [2.75, 3.05) is 19.7 Å². The highest BCUT2D eigenvalue weighted by molar-refractivity contribution is 5.85. The van der Waals surface area contributed by atoms with Gasteiger partial charge in [-0.3, -0.25) is 4.90 Å². The quantitative estimate of drug-likeness (QED) is 0.645. The fourth-order valence-corrected chi connectivity index (χ4v) is 4.97. The Morgan fingerprint density at radius 1 is 1.17 bits per heavy atom. The van der Waals surface area contributed by atoms with Gasteiger partial charge in [0.15, 0.2) is 0 Å². The molecular weight excluding hydrogens is 396 g/mol. The Morgan fingerprint density at radius 3 is 2.63 bits per heavy atom. The summed E-state index contributed by atoms with van der Waals surface area (Å²) >= 11 is 0. The first kappa shape index (κ1) is 21.7. The number of hydrogen-bond acceptors (Lipinski definition) is 4. The van der Waals surface area contributed by atoms with Crippen LogP contribution in [-0.4, -0.2) is 40.2 Å². The second-order valence-electron chi connectivity index (χ2n) is 9.27. The van der Waals surface area contributed by atoms with Gasteiger partial charge in [-0.1, -0.05) is 12.1 Å². The minimum atomic E-state index is 0. The second kappa shape index (κ2) is 9.29. The average molecular weight is 431 g/mol. The van der Waals surface area contributed by atoms with Gasteiger partial charge in [0.2, 0.25) is 0 Å². The normalized spacial score (nSPS) is 22.1. The minimum absolute atomic E-state index is 0. The number of aromatic nitrogens is 2. The van der Waals surface area contributed by atoms with E-state index in [0.717, 1.165) is 37.9 Å². The Morgan fingerprint density at radius 2 is 1.93 bits per heavy atom. The number of nitrogens with one attached hydrogen (secondary N) is 1. The number of piperidine rings is 1. The fraction of sp³-hybridized carbons (Fsp3) is 0.625. The molecule has 3 aliphatic rings. The average Bonchev–Trinajstić information content (AvgIpc) is 3.66. The predicted molar refractivity (Wildman–Crippen MR) is 122 cm³/mol. The lowest BCUT2D eigenvalue weighted by Crippen LogP contribution is -2.36. The molecule has 5 nitrogen and oxygen atoms in total. The zero-order chi connectivity index (χ0) is 19.7. The van der Waals surface area contributed by atoms with Crippen molar-refractivity contribution in [3.05, 3.63) is 48.0 Å². The first-order chi connectivity index (χ1) is 14.3. The largest absolute Gasteiger partial charge is 0.493 e. The van der Waals surface area contributed by atoms with Crippen molar-refractivity contribution in [2.24, 2.45) is 11.3 Å². The molecular formula is C24H35ClN4O. The molecule has 1 aromatic carbocycles. The van der Waals surface area contributed by atoms with Crippen LogP contribution in [0.4, 0.5) is 0 Å². The van der Waals surface area contributed by atoms with Crippen molar-refractivity contribution in [2.45, 2.75) is 64.7 Å². The number of ether oxygens (including phenoxy) is 1. The van der Waals surface area contributed by atoms with Crippen molar-refractivity contribution in [1.82, 2.24) is 19.8 Å². The fourth-order valence-electron chi connectivity index (χ4n) is 4.97. The molecule has 0 bridgehead atoms. The predicted octanol–water partition coefficient (Wildman–Crippen LogP) is 4.26. The molecule has 30 heavy (non-hydrogen) atoms. The summed E-state index contributed by atoms with van der Waals surface area (Å²) < 4.78 is 8.20. The molecule has 3 fully saturated rings. The van der Waals surface area contributed by atoms with Crippen LogP contribution in [0.1, 0.15) is 50.4 Å². The highest BCUT2D eigenvalue weighted by Crippen LogP contribution is 2.56. The summed E-state index contributed by atoms with van der Waals surface area (Å²) in [6.07, 6.45) is 10.7. The van der Waals surface area contributed by atoms with E-state index in [1.807, 2.05) is 6.20 Å². The molecule has 1 N–H and O–H groups in total. The number of hydrogen-bond donors (Lipinski definition) is 1. The summed E-state index contributed by atoms with van der Waals surface area (Å²) in [5, 5.41) is 3.53. The van der Waals surface area contributed by atoms with Gasteiger partial charge in [0.25, 0.3) is 0 Å². The van der Waals surface area contributed by atoms with Gasteiger partial charge in [-0.25, -0.2) is 4.98 Å². The Balaban J connectivity index is 0.00000218. The highest BCUT2D eigenvalue weighted by atomic mass is 35.5. The van der Waals surface area contributed by atoms with Crippen LogP contribution in [0.2, 0.25) is 0 Å². The molecule has 2 heterocycles. The van der Waals surface area contributed by atoms with Crippen LogP contribution in [0, 0.1) is 11.3 Å². The topological polar surface area (TPSA) is 42.3 Å². The zero-order valence-corrected chi connectivity index (χ0v) is 18.9. The lowest BCUT2D eigenvalue weighted by Gasteiger charge is -2.29. The summed E-state index contributed by atoms with van der Waals surface area (Å²) in [4.78, 5) is 7.34. The third-order valence-electron chi connectivity index (χ3n) is 7.17. The molecule has 164 valence electrons. The van der Waals surface area contributed by atoms with Gasteiger partial charge in [0, 0.05) is 31.5 Å². The summed E-state index contributed by atoms with van der Waals surface area (Å²) in [6, 6.07) is 9.47. The van der Waals surface area contributed by atoms with Crippen molar-refractivity contribution >= 4 is 12.4 Å². The third kappa shape index (κ3) is 4.84. The number of halogens is 1. The van der Waals surface area contributed by atoms with Crippen LogP contribution >= 0.6 is 12.4 Å². The first-order valence-corrected chi connectivity index (χ1v) is 11.4. The molecule has 5 rings (SSSR count). The summed E-state index contributed by atoms with van der Waals surface area (Å²) in [6.45, 7) is 8.31. The number of imidazole rings is 1. The van der Waals surface area contributed by atoms with E-state index in [0.29, 0.717) is 11.5 Å². The maximum absolute atomic E-state index is 5.92. The Labute approximate surface area is 186 Å². The van der Waals surface area contributed by atoms with Gasteiger partial charge in [-0.15, -0.1) is 12.4 Å². The smallest absolute Gasteiger partial charge is 0.122 e. The molecule has 0 radical (unpaired) electrons. The van der Waals surface area contributed by atoms with E-state index in [4.69, 9.17) is 4.74 Å². The molecule has 1 saturated heterocycles. The van der Waals surface area contributed by atoms with Crippen LogP contribution in [0.25, 0.3) is 0 Å². The zero-order valence-electron chi connectivity index (χ0n) is 18.1. The Hall–Kier alpha value is -1.56. The van der Waals surface area contributed by atoms with E-state index < -0.39 is 0 Å². The van der Waals surface area contributed by atoms with Gasteiger partial charge < -0.3 is 14.6 Å². The van der Waals surface area contributed by atoms with E-state index in [-0.39, 0.29) is 12.4 Å². The standard InChI is InChI=1S/C24H34N4O.ClH/c1-2-27-14-13-26-23(27)17-28(22-15-24(22)9-11-25-12-10-24)16-19-5-7-21(8-6-19)29-18-20-3-4-20;/h5-8,13-14,20,22,25H,2-4,9-12,15-18H2,1H3;1H. The molecule has 0 amide bonds. The van der Waals surface area contributed by atoms with E-state index in [1.165, 1.54) is 56.6 Å². The van der Waals surface area contributed by atoms with Crippen LogP contribution in [-0.2, 0) is 19.6 Å². The van der Waals surface area contributed by atoms with E-state index in [1.54, 1.807) is 0 Å². The second-order valence-corrected chi connectivity index (χ2v) is 9.27. The summed E-state index contributed by atoms with van der Waals surface area (Å²) in [5.41, 5.74) is 1.90. The SMILES string of the molecule is CCn1ccnc1CN(Cc1ccc(OCC2CC2)cc1)C1CC12CCNCC2.Cl. The number of aryl methyl sites for hydroxylation is 1. The first-order valence-electron chi connectivity index (χ1n) is 11.4. The minimum Gasteiger partial charge on any atom is -0.493 e. The maximum Gasteiger partial charge on any atom is 0.122 e. The van der Waals surface area contributed by atoms with E-state index in [9.17, 15) is 0 Å². The summed E-state index contributed by atoms with van der Waals surface area (Å²) in [5.74, 6) is 2.99. The van der Waals surface area contributed by atoms with Crippen molar-refractivity contribution in [1.29, 1.82) is 0 Å². The van der Waals surface area contributed by atoms with Crippen LogP contribution < -0.4 is 10.1 Å². The van der Waals surface area contributed by atoms with Gasteiger partial charge in [0.1, 0.15) is 11.6 Å². The number of benzene rings is 1. The van der Waals surface area contributed by atoms with E-state index in [2.05, 4.69) is 57.2 Å². The molecule has 1 unspecified atom stereocenters. The van der Waals surface area contributed by atoms with Crippen molar-refractivity contribution in [3.8, 4) is 5.75 Å². The van der Waals surface area contributed by atoms with Crippen LogP contribution in [0.5, 0.6) is 5.75 Å². The monoisotopic (exact) mass is 430 g/mol. The molecule has 2 aromatic rings. The lowest BCUT2D eigenvalue weighted by molar-refractivity contribution is 0.182. The third-order valence-corrected chi connectivity index (χ3v) is 7.17. The van der Waals surface area contributed by atoms with Gasteiger partial charge >= 0.3 is 0 Å². The Bertz CT molecular complexity index is 811. The molecule has 2 aliphatic carbocycles. The van der Waals surface area contributed by atoms with Gasteiger partial charge in [-0.2, -0.15) is 0 Å². The molecule has 1 spiro atoms. The van der Waals surface area contributed by atoms with Crippen LogP contribution in [0.15, 0.2) is 36.7 Å². The molecule has 1 aliphatic heterocycles. The van der Waals surface area contributed by atoms with Crippen LogP contribution in [0.3, 0.4) is 0 Å². The van der Waals surface area contributed by atoms with Gasteiger partial charge in [0.05, 0.1) is 13.2 Å². The molecule has 6 heteroatoms.